The molecule has 20 heavy (non-hydrogen) atoms. The Morgan fingerprint density at radius 3 is 2.70 bits per heavy atom. The highest BCUT2D eigenvalue weighted by atomic mass is 16.5. The molecule has 1 N–H and O–H groups in total. The second-order valence-corrected chi connectivity index (χ2v) is 3.92. The van der Waals surface area contributed by atoms with E-state index in [1.165, 1.54) is 0 Å². The number of methoxy groups -OCH3 is 2. The maximum absolute atomic E-state index is 8.77. The molecule has 0 aliphatic carbocycles. The van der Waals surface area contributed by atoms with Gasteiger partial charge in [0, 0.05) is 12.7 Å². The number of anilines is 1. The molecule has 1 heterocycles. The minimum Gasteiger partial charge on any atom is -0.493 e. The summed E-state index contributed by atoms with van der Waals surface area (Å²) in [5, 5.41) is 11.8. The Kier molecular flexibility index (Phi) is 4.35. The van der Waals surface area contributed by atoms with Gasteiger partial charge < -0.3 is 14.8 Å². The lowest BCUT2D eigenvalue weighted by Crippen LogP contribution is -2.04. The monoisotopic (exact) mass is 270 g/mol. The molecule has 2 aromatic rings. The highest BCUT2D eigenvalue weighted by Crippen LogP contribution is 2.27. The van der Waals surface area contributed by atoms with Crippen LogP contribution in [0.2, 0.25) is 0 Å². The minimum atomic E-state index is 0.329. The van der Waals surface area contributed by atoms with E-state index in [0.717, 1.165) is 5.56 Å². The maximum atomic E-state index is 8.77. The van der Waals surface area contributed by atoms with Crippen LogP contribution < -0.4 is 14.8 Å². The van der Waals surface area contributed by atoms with Crippen molar-refractivity contribution < 1.29 is 9.47 Å². The van der Waals surface area contributed by atoms with Gasteiger partial charge in [0.25, 0.3) is 0 Å². The smallest absolute Gasteiger partial charge is 0.224 e. The van der Waals surface area contributed by atoms with Gasteiger partial charge in [-0.1, -0.05) is 6.07 Å². The average Bonchev–Trinajstić information content (AvgIpc) is 2.52. The molecule has 0 aliphatic rings. The predicted molar refractivity (Wildman–Crippen MR) is 73.6 cm³/mol. The third kappa shape index (κ3) is 3.14. The summed E-state index contributed by atoms with van der Waals surface area (Å²) < 4.78 is 10.4. The number of nitriles is 1. The predicted octanol–water partition coefficient (Wildman–Crippen LogP) is 1.98. The zero-order chi connectivity index (χ0) is 14.4. The van der Waals surface area contributed by atoms with E-state index in [4.69, 9.17) is 14.7 Å². The summed E-state index contributed by atoms with van der Waals surface area (Å²) in [6.07, 6.45) is 1.54. The minimum absolute atomic E-state index is 0.329. The van der Waals surface area contributed by atoms with Crippen LogP contribution in [0.4, 0.5) is 5.95 Å². The third-order valence-corrected chi connectivity index (χ3v) is 2.67. The molecule has 0 saturated carbocycles. The van der Waals surface area contributed by atoms with Crippen LogP contribution in [-0.2, 0) is 6.54 Å². The van der Waals surface area contributed by atoms with Crippen LogP contribution in [0.1, 0.15) is 11.3 Å². The Hall–Kier alpha value is -2.81. The standard InChI is InChI=1S/C14H14N4O2/c1-19-12-4-3-10(7-13(12)20-2)9-17-14-16-6-5-11(8-15)18-14/h3-7H,9H2,1-2H3,(H,16,17,18). The molecule has 1 aromatic heterocycles. The average molecular weight is 270 g/mol. The molecule has 0 atom stereocenters. The van der Waals surface area contributed by atoms with E-state index in [1.807, 2.05) is 24.3 Å². The topological polar surface area (TPSA) is 80.1 Å². The summed E-state index contributed by atoms with van der Waals surface area (Å²) in [6.45, 7) is 0.523. The van der Waals surface area contributed by atoms with Crippen molar-refractivity contribution in [2.75, 3.05) is 19.5 Å². The van der Waals surface area contributed by atoms with E-state index >= 15 is 0 Å². The molecule has 0 aliphatic heterocycles. The van der Waals surface area contributed by atoms with Gasteiger partial charge in [0.1, 0.15) is 11.8 Å². The van der Waals surface area contributed by atoms with Gasteiger partial charge in [0.2, 0.25) is 5.95 Å². The first-order valence-corrected chi connectivity index (χ1v) is 5.94. The van der Waals surface area contributed by atoms with Gasteiger partial charge in [-0.05, 0) is 23.8 Å². The van der Waals surface area contributed by atoms with Crippen LogP contribution >= 0.6 is 0 Å². The summed E-state index contributed by atoms with van der Waals surface area (Å²) in [5.41, 5.74) is 1.32. The quantitative estimate of drug-likeness (QED) is 0.894. The second-order valence-electron chi connectivity index (χ2n) is 3.92. The van der Waals surface area contributed by atoms with E-state index in [0.29, 0.717) is 29.7 Å². The number of benzene rings is 1. The van der Waals surface area contributed by atoms with Crippen molar-refractivity contribution in [3.05, 3.63) is 41.7 Å². The van der Waals surface area contributed by atoms with Crippen molar-refractivity contribution in [3.8, 4) is 17.6 Å². The van der Waals surface area contributed by atoms with Crippen LogP contribution in [0, 0.1) is 11.3 Å². The van der Waals surface area contributed by atoms with E-state index in [1.54, 1.807) is 26.5 Å². The molecule has 1 aromatic carbocycles. The fraction of sp³-hybridized carbons (Fsp3) is 0.214. The lowest BCUT2D eigenvalue weighted by Gasteiger charge is -2.10. The summed E-state index contributed by atoms with van der Waals surface area (Å²) >= 11 is 0. The molecule has 2 rings (SSSR count). The number of hydrogen-bond acceptors (Lipinski definition) is 6. The van der Waals surface area contributed by atoms with E-state index < -0.39 is 0 Å². The van der Waals surface area contributed by atoms with E-state index in [9.17, 15) is 0 Å². The molecule has 0 spiro atoms. The normalized spacial score (nSPS) is 9.65. The fourth-order valence-corrected chi connectivity index (χ4v) is 1.68. The Labute approximate surface area is 117 Å². The number of ether oxygens (including phenoxy) is 2. The lowest BCUT2D eigenvalue weighted by atomic mass is 10.2. The highest BCUT2D eigenvalue weighted by Gasteiger charge is 2.05. The number of hydrogen-bond donors (Lipinski definition) is 1. The van der Waals surface area contributed by atoms with Crippen molar-refractivity contribution in [1.82, 2.24) is 9.97 Å². The van der Waals surface area contributed by atoms with E-state index in [-0.39, 0.29) is 0 Å². The Morgan fingerprint density at radius 2 is 2.00 bits per heavy atom. The molecule has 102 valence electrons. The molecule has 0 fully saturated rings. The van der Waals surface area contributed by atoms with Gasteiger partial charge in [0.15, 0.2) is 11.5 Å². The van der Waals surface area contributed by atoms with Crippen molar-refractivity contribution in [2.45, 2.75) is 6.54 Å². The first kappa shape index (κ1) is 13.6. The van der Waals surface area contributed by atoms with Crippen LogP contribution in [-0.4, -0.2) is 24.2 Å². The van der Waals surface area contributed by atoms with Gasteiger partial charge in [-0.25, -0.2) is 9.97 Å². The molecule has 0 radical (unpaired) electrons. The summed E-state index contributed by atoms with van der Waals surface area (Å²) in [6, 6.07) is 9.16. The zero-order valence-corrected chi connectivity index (χ0v) is 11.3. The van der Waals surface area contributed by atoms with Gasteiger partial charge >= 0.3 is 0 Å². The number of nitrogens with zero attached hydrogens (tertiary/aromatic N) is 3. The maximum Gasteiger partial charge on any atom is 0.224 e. The van der Waals surface area contributed by atoms with Crippen LogP contribution in [0.3, 0.4) is 0 Å². The molecule has 6 nitrogen and oxygen atoms in total. The number of nitrogens with one attached hydrogen (secondary N) is 1. The molecular formula is C14H14N4O2. The number of aromatic nitrogens is 2. The molecule has 6 heteroatoms. The van der Waals surface area contributed by atoms with Crippen molar-refractivity contribution in [2.24, 2.45) is 0 Å². The Bertz CT molecular complexity index is 637. The first-order chi connectivity index (χ1) is 9.76. The van der Waals surface area contributed by atoms with Crippen LogP contribution in [0.15, 0.2) is 30.5 Å². The second kappa shape index (κ2) is 6.38. The van der Waals surface area contributed by atoms with Crippen LogP contribution in [0.5, 0.6) is 11.5 Å². The highest BCUT2D eigenvalue weighted by molar-refractivity contribution is 5.44. The SMILES string of the molecule is COc1ccc(CNc2nccc(C#N)n2)cc1OC. The van der Waals surface area contributed by atoms with Gasteiger partial charge in [-0.2, -0.15) is 5.26 Å². The molecule has 0 saturated heterocycles. The van der Waals surface area contributed by atoms with Crippen molar-refractivity contribution >= 4 is 5.95 Å². The first-order valence-electron chi connectivity index (χ1n) is 5.94. The van der Waals surface area contributed by atoms with Gasteiger partial charge in [0.05, 0.1) is 14.2 Å². The zero-order valence-electron chi connectivity index (χ0n) is 11.3. The molecule has 0 unspecified atom stereocenters. The van der Waals surface area contributed by atoms with Crippen molar-refractivity contribution in [1.29, 1.82) is 5.26 Å². The van der Waals surface area contributed by atoms with Gasteiger partial charge in [-0.15, -0.1) is 0 Å². The summed E-state index contributed by atoms with van der Waals surface area (Å²) in [5.74, 6) is 1.76. The van der Waals surface area contributed by atoms with Crippen LogP contribution in [0.25, 0.3) is 0 Å². The molecular weight excluding hydrogens is 256 g/mol. The lowest BCUT2D eigenvalue weighted by molar-refractivity contribution is 0.354. The Morgan fingerprint density at radius 1 is 1.20 bits per heavy atom. The van der Waals surface area contributed by atoms with Gasteiger partial charge in [-0.3, -0.25) is 0 Å². The molecule has 0 bridgehead atoms. The largest absolute Gasteiger partial charge is 0.493 e. The Balaban J connectivity index is 2.09. The summed E-state index contributed by atoms with van der Waals surface area (Å²) in [7, 11) is 3.19. The molecule has 0 amide bonds. The third-order valence-electron chi connectivity index (χ3n) is 2.67. The van der Waals surface area contributed by atoms with Crippen molar-refractivity contribution in [3.63, 3.8) is 0 Å². The fourth-order valence-electron chi connectivity index (χ4n) is 1.68. The number of rotatable bonds is 5. The van der Waals surface area contributed by atoms with E-state index in [2.05, 4.69) is 15.3 Å². The summed E-state index contributed by atoms with van der Waals surface area (Å²) in [4.78, 5) is 8.09.